The Bertz CT molecular complexity index is 1210. The Hall–Kier alpha value is -2.38. The Morgan fingerprint density at radius 2 is 2.27 bits per heavy atom. The zero-order valence-electron chi connectivity index (χ0n) is 16.4. The standard InChI is InChI=1S/C20H19BrFN5O2S/c1-10-7-13-17(16(22)15(10)21)25-19(30-2)14-9-24-27(18(13)14)12-4-6-26(20(28)29)11(8-12)3-5-23/h7,9,11-12H,3-4,6,8H2,1-2H3,(H,28,29)/t11-,12+/m1/s1. The van der Waals surface area contributed by atoms with Gasteiger partial charge < -0.3 is 10.0 Å². The summed E-state index contributed by atoms with van der Waals surface area (Å²) in [6.07, 6.45) is 3.79. The molecule has 0 bridgehead atoms. The van der Waals surface area contributed by atoms with E-state index >= 15 is 4.39 Å². The summed E-state index contributed by atoms with van der Waals surface area (Å²) < 4.78 is 17.3. The molecule has 2 atom stereocenters. The van der Waals surface area contributed by atoms with E-state index in [1.165, 1.54) is 16.7 Å². The number of hydrogen-bond acceptors (Lipinski definition) is 5. The van der Waals surface area contributed by atoms with Gasteiger partial charge in [-0.2, -0.15) is 10.4 Å². The molecule has 0 spiro atoms. The maximum Gasteiger partial charge on any atom is 0.407 e. The molecule has 0 saturated carbocycles. The Balaban J connectivity index is 1.90. The van der Waals surface area contributed by atoms with Gasteiger partial charge in [0.25, 0.3) is 0 Å². The lowest BCUT2D eigenvalue weighted by Crippen LogP contribution is -2.45. The Labute approximate surface area is 185 Å². The molecule has 1 amide bonds. The fourth-order valence-corrected chi connectivity index (χ4v) is 5.07. The predicted octanol–water partition coefficient (Wildman–Crippen LogP) is 5.11. The quantitative estimate of drug-likeness (QED) is 0.511. The van der Waals surface area contributed by atoms with Gasteiger partial charge in [-0.15, -0.1) is 11.8 Å². The van der Waals surface area contributed by atoms with E-state index in [-0.39, 0.29) is 18.0 Å². The molecule has 2 aromatic heterocycles. The van der Waals surface area contributed by atoms with E-state index in [4.69, 9.17) is 5.26 Å². The molecule has 0 aliphatic carbocycles. The van der Waals surface area contributed by atoms with Crippen LogP contribution in [0, 0.1) is 24.1 Å². The summed E-state index contributed by atoms with van der Waals surface area (Å²) in [6, 6.07) is 3.50. The van der Waals surface area contributed by atoms with E-state index in [1.54, 1.807) is 6.20 Å². The fraction of sp³-hybridized carbons (Fsp3) is 0.400. The number of halogens is 2. The average Bonchev–Trinajstić information content (AvgIpc) is 3.17. The molecule has 1 saturated heterocycles. The molecule has 1 N–H and O–H groups in total. The number of pyridine rings is 1. The third-order valence-corrected chi connectivity index (χ3v) is 7.33. The van der Waals surface area contributed by atoms with E-state index in [0.29, 0.717) is 34.3 Å². The van der Waals surface area contributed by atoms with Crippen molar-refractivity contribution in [3.63, 3.8) is 0 Å². The molecule has 0 radical (unpaired) electrons. The second-order valence-electron chi connectivity index (χ2n) is 7.36. The van der Waals surface area contributed by atoms with Crippen molar-refractivity contribution in [1.82, 2.24) is 19.7 Å². The van der Waals surface area contributed by atoms with Crippen molar-refractivity contribution in [3.05, 3.63) is 28.1 Å². The summed E-state index contributed by atoms with van der Waals surface area (Å²) >= 11 is 4.74. The van der Waals surface area contributed by atoms with Crippen LogP contribution < -0.4 is 0 Å². The largest absolute Gasteiger partial charge is 0.465 e. The number of benzene rings is 1. The number of carbonyl (C=O) groups is 1. The minimum Gasteiger partial charge on any atom is -0.465 e. The van der Waals surface area contributed by atoms with Crippen LogP contribution in [-0.4, -0.2) is 49.7 Å². The normalized spacial score (nSPS) is 19.4. The number of nitriles is 1. The van der Waals surface area contributed by atoms with E-state index in [0.717, 1.165) is 16.5 Å². The van der Waals surface area contributed by atoms with Crippen LogP contribution in [0.5, 0.6) is 0 Å². The molecular weight excluding hydrogens is 473 g/mol. The SMILES string of the molecule is CSc1nc2c(F)c(Br)c(C)cc2c2c1cnn2[C@H]1CCN(C(=O)O)[C@H](CC#N)C1. The first-order chi connectivity index (χ1) is 14.4. The zero-order valence-corrected chi connectivity index (χ0v) is 18.8. The molecular formula is C20H19BrFN5O2S. The summed E-state index contributed by atoms with van der Waals surface area (Å²) in [7, 11) is 0. The highest BCUT2D eigenvalue weighted by atomic mass is 79.9. The number of thioether (sulfide) groups is 1. The van der Waals surface area contributed by atoms with Gasteiger partial charge in [0, 0.05) is 11.9 Å². The van der Waals surface area contributed by atoms with Gasteiger partial charge >= 0.3 is 6.09 Å². The first kappa shape index (κ1) is 20.9. The maximum atomic E-state index is 15.0. The molecule has 1 aliphatic heterocycles. The van der Waals surface area contributed by atoms with E-state index in [2.05, 4.69) is 32.1 Å². The number of aromatic nitrogens is 3. The van der Waals surface area contributed by atoms with Crippen LogP contribution in [0.4, 0.5) is 9.18 Å². The summed E-state index contributed by atoms with van der Waals surface area (Å²) in [4.78, 5) is 17.4. The number of fused-ring (bicyclic) bond motifs is 3. The van der Waals surface area contributed by atoms with Crippen molar-refractivity contribution in [1.29, 1.82) is 5.26 Å². The number of likely N-dealkylation sites (tertiary alicyclic amines) is 1. The van der Waals surface area contributed by atoms with Gasteiger partial charge in [0.05, 0.1) is 46.1 Å². The number of carboxylic acid groups (broad SMARTS) is 1. The van der Waals surface area contributed by atoms with Gasteiger partial charge in [0.15, 0.2) is 5.82 Å². The first-order valence-corrected chi connectivity index (χ1v) is 11.4. The first-order valence-electron chi connectivity index (χ1n) is 9.43. The molecule has 1 aliphatic rings. The molecule has 156 valence electrons. The molecule has 1 aromatic carbocycles. The Morgan fingerprint density at radius 3 is 2.93 bits per heavy atom. The van der Waals surface area contributed by atoms with Crippen LogP contribution in [0.15, 0.2) is 21.8 Å². The Kier molecular flexibility index (Phi) is 5.59. The highest BCUT2D eigenvalue weighted by Crippen LogP contribution is 2.38. The maximum absolute atomic E-state index is 15.0. The second kappa shape index (κ2) is 8.04. The minimum absolute atomic E-state index is 0.0937. The van der Waals surface area contributed by atoms with Crippen molar-refractivity contribution in [2.75, 3.05) is 12.8 Å². The van der Waals surface area contributed by atoms with Crippen molar-refractivity contribution < 1.29 is 14.3 Å². The molecule has 0 unspecified atom stereocenters. The summed E-state index contributed by atoms with van der Waals surface area (Å²) in [5.41, 5.74) is 1.83. The van der Waals surface area contributed by atoms with Crippen LogP contribution in [0.3, 0.4) is 0 Å². The molecule has 4 rings (SSSR count). The van der Waals surface area contributed by atoms with Gasteiger partial charge in [-0.05, 0) is 53.6 Å². The average molecular weight is 492 g/mol. The molecule has 30 heavy (non-hydrogen) atoms. The highest BCUT2D eigenvalue weighted by Gasteiger charge is 2.33. The number of amides is 1. The van der Waals surface area contributed by atoms with Crippen molar-refractivity contribution in [3.8, 4) is 6.07 Å². The highest BCUT2D eigenvalue weighted by molar-refractivity contribution is 9.10. The van der Waals surface area contributed by atoms with Gasteiger partial charge in [-0.1, -0.05) is 0 Å². The third kappa shape index (κ3) is 3.30. The predicted molar refractivity (Wildman–Crippen MR) is 116 cm³/mol. The van der Waals surface area contributed by atoms with Gasteiger partial charge in [0.1, 0.15) is 10.5 Å². The van der Waals surface area contributed by atoms with E-state index in [9.17, 15) is 9.90 Å². The zero-order chi connectivity index (χ0) is 21.6. The molecule has 3 aromatic rings. The minimum atomic E-state index is -1.01. The lowest BCUT2D eigenvalue weighted by atomic mass is 9.95. The van der Waals surface area contributed by atoms with Crippen LogP contribution in [0.2, 0.25) is 0 Å². The lowest BCUT2D eigenvalue weighted by Gasteiger charge is -2.37. The second-order valence-corrected chi connectivity index (χ2v) is 8.95. The summed E-state index contributed by atoms with van der Waals surface area (Å²) in [5.74, 6) is -0.405. The third-order valence-electron chi connectivity index (χ3n) is 5.66. The van der Waals surface area contributed by atoms with E-state index in [1.807, 2.05) is 23.9 Å². The van der Waals surface area contributed by atoms with Crippen LogP contribution in [0.1, 0.15) is 30.9 Å². The summed E-state index contributed by atoms with van der Waals surface area (Å²) in [5, 5.41) is 25.4. The van der Waals surface area contributed by atoms with E-state index < -0.39 is 18.0 Å². The molecule has 7 nitrogen and oxygen atoms in total. The smallest absolute Gasteiger partial charge is 0.407 e. The van der Waals surface area contributed by atoms with Crippen molar-refractivity contribution in [2.45, 2.75) is 43.3 Å². The van der Waals surface area contributed by atoms with Gasteiger partial charge in [0.2, 0.25) is 0 Å². The fourth-order valence-electron chi connectivity index (χ4n) is 4.22. The number of nitrogens with zero attached hydrogens (tertiary/aromatic N) is 5. The van der Waals surface area contributed by atoms with Crippen LogP contribution in [-0.2, 0) is 0 Å². The van der Waals surface area contributed by atoms with Crippen LogP contribution >= 0.6 is 27.7 Å². The number of piperidine rings is 1. The number of hydrogen-bond donors (Lipinski definition) is 1. The topological polar surface area (TPSA) is 95.0 Å². The number of aryl methyl sites for hydroxylation is 1. The van der Waals surface area contributed by atoms with Crippen molar-refractivity contribution >= 4 is 55.6 Å². The Morgan fingerprint density at radius 1 is 1.50 bits per heavy atom. The molecule has 10 heteroatoms. The summed E-state index contributed by atoms with van der Waals surface area (Å²) in [6.45, 7) is 2.15. The van der Waals surface area contributed by atoms with Crippen molar-refractivity contribution in [2.24, 2.45) is 0 Å². The monoisotopic (exact) mass is 491 g/mol. The molecule has 3 heterocycles. The lowest BCUT2D eigenvalue weighted by molar-refractivity contribution is 0.0915. The molecule has 1 fully saturated rings. The van der Waals surface area contributed by atoms with Gasteiger partial charge in [-0.25, -0.2) is 14.2 Å². The van der Waals surface area contributed by atoms with Crippen LogP contribution in [0.25, 0.3) is 21.8 Å². The number of rotatable bonds is 3. The van der Waals surface area contributed by atoms with Gasteiger partial charge in [-0.3, -0.25) is 4.68 Å².